The largest absolute Gasteiger partial charge is 0.478 e. The van der Waals surface area contributed by atoms with Gasteiger partial charge in [-0.1, -0.05) is 22.0 Å². The van der Waals surface area contributed by atoms with E-state index >= 15 is 0 Å². The number of aromatic nitrogens is 1. The van der Waals surface area contributed by atoms with Crippen molar-refractivity contribution in [2.24, 2.45) is 0 Å². The van der Waals surface area contributed by atoms with Crippen molar-refractivity contribution < 1.29 is 14.3 Å². The van der Waals surface area contributed by atoms with E-state index in [-0.39, 0.29) is 5.56 Å². The summed E-state index contributed by atoms with van der Waals surface area (Å²) in [5.74, 6) is -0.417. The molecule has 4 nitrogen and oxygen atoms in total. The van der Waals surface area contributed by atoms with E-state index in [1.807, 2.05) is 42.6 Å². The summed E-state index contributed by atoms with van der Waals surface area (Å²) >= 11 is 3.42. The topological polar surface area (TPSA) is 54.8 Å². The number of benzene rings is 1. The Morgan fingerprint density at radius 1 is 1.18 bits per heavy atom. The van der Waals surface area contributed by atoms with E-state index in [1.54, 1.807) is 16.7 Å². The van der Waals surface area contributed by atoms with Crippen LogP contribution in [0.3, 0.4) is 0 Å². The second-order valence-electron chi connectivity index (χ2n) is 5.01. The van der Waals surface area contributed by atoms with Gasteiger partial charge in [-0.05, 0) is 36.4 Å². The van der Waals surface area contributed by atoms with Crippen LogP contribution in [0.25, 0.3) is 27.8 Å². The number of nitrogens with zero attached hydrogens (tertiary/aromatic N) is 1. The van der Waals surface area contributed by atoms with Crippen molar-refractivity contribution in [1.82, 2.24) is 4.40 Å². The van der Waals surface area contributed by atoms with Gasteiger partial charge in [-0.2, -0.15) is 0 Å². The number of aromatic carboxylic acids is 1. The maximum atomic E-state index is 11.7. The highest BCUT2D eigenvalue weighted by atomic mass is 79.9. The average Bonchev–Trinajstić information content (AvgIpc) is 3.06. The van der Waals surface area contributed by atoms with Crippen LogP contribution in [0.1, 0.15) is 10.4 Å². The van der Waals surface area contributed by atoms with Crippen LogP contribution in [-0.2, 0) is 0 Å². The molecule has 4 rings (SSSR count). The monoisotopic (exact) mass is 355 g/mol. The fraction of sp³-hybridized carbons (Fsp3) is 0. The van der Waals surface area contributed by atoms with E-state index < -0.39 is 5.97 Å². The predicted octanol–water partition coefficient (Wildman–Crippen LogP) is 4.81. The molecule has 1 aromatic carbocycles. The van der Waals surface area contributed by atoms with Gasteiger partial charge in [0.1, 0.15) is 11.3 Å². The Bertz CT molecular complexity index is 1030. The summed E-state index contributed by atoms with van der Waals surface area (Å²) < 4.78 is 8.58. The van der Waals surface area contributed by atoms with Gasteiger partial charge in [0.2, 0.25) is 0 Å². The molecule has 0 saturated carbocycles. The Labute approximate surface area is 133 Å². The molecule has 5 heteroatoms. The number of halogens is 1. The zero-order chi connectivity index (χ0) is 15.3. The molecule has 108 valence electrons. The Morgan fingerprint density at radius 2 is 2.05 bits per heavy atom. The summed E-state index contributed by atoms with van der Waals surface area (Å²) in [5.41, 5.74) is 2.20. The first kappa shape index (κ1) is 13.2. The highest BCUT2D eigenvalue weighted by Crippen LogP contribution is 2.34. The third-order valence-electron chi connectivity index (χ3n) is 3.64. The van der Waals surface area contributed by atoms with E-state index in [0.717, 1.165) is 15.4 Å². The van der Waals surface area contributed by atoms with Crippen LogP contribution >= 0.6 is 15.9 Å². The number of fused-ring (bicyclic) bond motifs is 2. The van der Waals surface area contributed by atoms with E-state index in [9.17, 15) is 9.90 Å². The molecule has 0 aliphatic carbocycles. The van der Waals surface area contributed by atoms with Gasteiger partial charge < -0.3 is 13.9 Å². The lowest BCUT2D eigenvalue weighted by molar-refractivity contribution is 0.0699. The van der Waals surface area contributed by atoms with Gasteiger partial charge in [0, 0.05) is 22.3 Å². The molecule has 0 aliphatic rings. The molecule has 3 aromatic heterocycles. The molecular weight excluding hydrogens is 346 g/mol. The third-order valence-corrected chi connectivity index (χ3v) is 4.13. The Hall–Kier alpha value is -2.53. The van der Waals surface area contributed by atoms with Crippen LogP contribution in [0.5, 0.6) is 0 Å². The maximum absolute atomic E-state index is 11.7. The number of rotatable bonds is 2. The Morgan fingerprint density at radius 3 is 2.86 bits per heavy atom. The fourth-order valence-corrected chi connectivity index (χ4v) is 3.06. The molecule has 0 aliphatic heterocycles. The minimum Gasteiger partial charge on any atom is -0.478 e. The second kappa shape index (κ2) is 4.74. The van der Waals surface area contributed by atoms with Crippen molar-refractivity contribution >= 4 is 38.4 Å². The molecule has 1 N–H and O–H groups in total. The number of carboxylic acid groups (broad SMARTS) is 1. The summed E-state index contributed by atoms with van der Waals surface area (Å²) in [5, 5.41) is 10.5. The normalized spacial score (nSPS) is 11.3. The van der Waals surface area contributed by atoms with Gasteiger partial charge in [-0.15, -0.1) is 0 Å². The molecule has 0 radical (unpaired) electrons. The SMILES string of the molecule is O=C(O)c1c(-c2cc3cc(Br)ccc3o2)cn2ccccc12. The van der Waals surface area contributed by atoms with Crippen LogP contribution in [0.2, 0.25) is 0 Å². The quantitative estimate of drug-likeness (QED) is 0.561. The standard InChI is InChI=1S/C17H10BrNO3/c18-11-4-5-14-10(7-11)8-15(22-14)12-9-19-6-2-1-3-13(19)16(12)17(20)21/h1-9H,(H,20,21). The van der Waals surface area contributed by atoms with Crippen LogP contribution in [0, 0.1) is 0 Å². The molecule has 4 aromatic rings. The Balaban J connectivity index is 2.02. The van der Waals surface area contributed by atoms with Crippen molar-refractivity contribution in [1.29, 1.82) is 0 Å². The highest BCUT2D eigenvalue weighted by molar-refractivity contribution is 9.10. The number of carboxylic acids is 1. The molecule has 3 heterocycles. The highest BCUT2D eigenvalue weighted by Gasteiger charge is 2.20. The van der Waals surface area contributed by atoms with Crippen LogP contribution in [0.4, 0.5) is 0 Å². The maximum Gasteiger partial charge on any atom is 0.338 e. The number of hydrogen-bond acceptors (Lipinski definition) is 2. The van der Waals surface area contributed by atoms with E-state index in [4.69, 9.17) is 4.42 Å². The second-order valence-corrected chi connectivity index (χ2v) is 5.92. The molecule has 0 unspecified atom stereocenters. The van der Waals surface area contributed by atoms with Crippen LogP contribution in [0.15, 0.2) is 63.7 Å². The zero-order valence-electron chi connectivity index (χ0n) is 11.3. The molecule has 0 bridgehead atoms. The summed E-state index contributed by atoms with van der Waals surface area (Å²) in [7, 11) is 0. The van der Waals surface area contributed by atoms with Crippen molar-refractivity contribution in [3.05, 3.63) is 64.9 Å². The molecule has 22 heavy (non-hydrogen) atoms. The molecular formula is C17H10BrNO3. The number of carbonyl (C=O) groups is 1. The molecule has 0 amide bonds. The van der Waals surface area contributed by atoms with E-state index in [0.29, 0.717) is 16.8 Å². The van der Waals surface area contributed by atoms with Crippen LogP contribution < -0.4 is 0 Å². The van der Waals surface area contributed by atoms with Gasteiger partial charge in [0.15, 0.2) is 0 Å². The van der Waals surface area contributed by atoms with E-state index in [2.05, 4.69) is 15.9 Å². The summed E-state index contributed by atoms with van der Waals surface area (Å²) in [6.07, 6.45) is 3.61. The fourth-order valence-electron chi connectivity index (χ4n) is 2.68. The zero-order valence-corrected chi connectivity index (χ0v) is 12.9. The number of hydrogen-bond donors (Lipinski definition) is 1. The average molecular weight is 356 g/mol. The minimum absolute atomic E-state index is 0.249. The number of pyridine rings is 1. The van der Waals surface area contributed by atoms with Gasteiger partial charge in [-0.25, -0.2) is 4.79 Å². The molecule has 0 spiro atoms. The lowest BCUT2D eigenvalue weighted by Gasteiger charge is -1.96. The van der Waals surface area contributed by atoms with Crippen molar-refractivity contribution in [2.75, 3.05) is 0 Å². The minimum atomic E-state index is -0.967. The van der Waals surface area contributed by atoms with Crippen molar-refractivity contribution in [3.8, 4) is 11.3 Å². The first-order valence-corrected chi connectivity index (χ1v) is 7.45. The van der Waals surface area contributed by atoms with Gasteiger partial charge in [0.05, 0.1) is 16.6 Å². The van der Waals surface area contributed by atoms with Gasteiger partial charge in [-0.3, -0.25) is 0 Å². The lowest BCUT2D eigenvalue weighted by atomic mass is 10.1. The first-order valence-electron chi connectivity index (χ1n) is 6.66. The van der Waals surface area contributed by atoms with E-state index in [1.165, 1.54) is 0 Å². The predicted molar refractivity (Wildman–Crippen MR) is 87.3 cm³/mol. The molecule has 0 saturated heterocycles. The third kappa shape index (κ3) is 1.94. The first-order chi connectivity index (χ1) is 10.6. The van der Waals surface area contributed by atoms with Gasteiger partial charge in [0.25, 0.3) is 0 Å². The van der Waals surface area contributed by atoms with Gasteiger partial charge >= 0.3 is 5.97 Å². The Kier molecular flexibility index (Phi) is 2.84. The number of furan rings is 1. The van der Waals surface area contributed by atoms with Crippen LogP contribution in [-0.4, -0.2) is 15.5 Å². The summed E-state index contributed by atoms with van der Waals surface area (Å²) in [4.78, 5) is 11.7. The molecule has 0 fully saturated rings. The molecule has 0 atom stereocenters. The summed E-state index contributed by atoms with van der Waals surface area (Å²) in [6.45, 7) is 0. The lowest BCUT2D eigenvalue weighted by Crippen LogP contribution is -1.97. The van der Waals surface area contributed by atoms with Crippen molar-refractivity contribution in [2.45, 2.75) is 0 Å². The smallest absolute Gasteiger partial charge is 0.338 e. The van der Waals surface area contributed by atoms with Crippen molar-refractivity contribution in [3.63, 3.8) is 0 Å². The summed E-state index contributed by atoms with van der Waals surface area (Å²) in [6, 6.07) is 13.0.